The highest BCUT2D eigenvalue weighted by Gasteiger charge is 2.18. The van der Waals surface area contributed by atoms with Crippen LogP contribution < -0.4 is 4.72 Å². The maximum atomic E-state index is 12.2. The first-order valence-corrected chi connectivity index (χ1v) is 7.11. The molecule has 3 rings (SSSR count). The number of sulfonamides is 1. The predicted molar refractivity (Wildman–Crippen MR) is 67.8 cm³/mol. The van der Waals surface area contributed by atoms with E-state index in [0.717, 1.165) is 11.1 Å². The summed E-state index contributed by atoms with van der Waals surface area (Å²) in [6.07, 6.45) is 4.15. The Hall–Kier alpha value is -1.99. The number of aromatic nitrogens is 2. The maximum Gasteiger partial charge on any atom is 0.262 e. The van der Waals surface area contributed by atoms with Gasteiger partial charge in [-0.3, -0.25) is 4.72 Å². The normalized spacial score (nSPS) is 14.1. The number of rotatable bonds is 3. The average molecular weight is 277 g/mol. The third-order valence-electron chi connectivity index (χ3n) is 2.82. The van der Waals surface area contributed by atoms with Gasteiger partial charge in [-0.05, 0) is 23.3 Å². The van der Waals surface area contributed by atoms with Crippen molar-refractivity contribution in [2.45, 2.75) is 18.1 Å². The minimum absolute atomic E-state index is 0.209. The van der Waals surface area contributed by atoms with Gasteiger partial charge in [-0.25, -0.2) is 18.4 Å². The molecule has 0 bridgehead atoms. The number of anilines is 1. The fourth-order valence-electron chi connectivity index (χ4n) is 1.88. The van der Waals surface area contributed by atoms with E-state index in [-0.39, 0.29) is 4.90 Å². The molecule has 0 aliphatic carbocycles. The lowest BCUT2D eigenvalue weighted by molar-refractivity contribution is 0.134. The number of fused-ring (bicyclic) bond motifs is 1. The second-order valence-corrected chi connectivity index (χ2v) is 5.84. The fraction of sp³-hybridized carbons (Fsp3) is 0.167. The van der Waals surface area contributed by atoms with Crippen LogP contribution in [0.15, 0.2) is 41.8 Å². The summed E-state index contributed by atoms with van der Waals surface area (Å²) in [6.45, 7) is 0.989. The Morgan fingerprint density at radius 2 is 1.84 bits per heavy atom. The number of benzene rings is 1. The Kier molecular flexibility index (Phi) is 2.92. The van der Waals surface area contributed by atoms with Crippen LogP contribution in [0.1, 0.15) is 11.1 Å². The molecule has 0 amide bonds. The molecule has 0 saturated heterocycles. The molecular weight excluding hydrogens is 266 g/mol. The number of hydrogen-bond donors (Lipinski definition) is 1. The van der Waals surface area contributed by atoms with Crippen LogP contribution in [0, 0.1) is 0 Å². The van der Waals surface area contributed by atoms with Gasteiger partial charge in [-0.2, -0.15) is 0 Å². The van der Waals surface area contributed by atoms with Crippen LogP contribution in [0.3, 0.4) is 0 Å². The first kappa shape index (κ1) is 12.1. The van der Waals surface area contributed by atoms with Crippen LogP contribution in [0.5, 0.6) is 0 Å². The molecule has 2 aromatic rings. The number of hydrogen-bond acceptors (Lipinski definition) is 5. The van der Waals surface area contributed by atoms with Gasteiger partial charge in [-0.1, -0.05) is 6.07 Å². The molecule has 7 heteroatoms. The lowest BCUT2D eigenvalue weighted by Crippen LogP contribution is -2.13. The Bertz CT molecular complexity index is 701. The van der Waals surface area contributed by atoms with Gasteiger partial charge in [0.2, 0.25) is 0 Å². The molecule has 2 heterocycles. The molecule has 1 aromatic heterocycles. The summed E-state index contributed by atoms with van der Waals surface area (Å²) < 4.78 is 32.1. The van der Waals surface area contributed by atoms with Gasteiger partial charge in [0.05, 0.1) is 36.2 Å². The highest BCUT2D eigenvalue weighted by Crippen LogP contribution is 2.24. The molecule has 1 aliphatic heterocycles. The number of ether oxygens (including phenoxy) is 1. The molecule has 1 N–H and O–H groups in total. The van der Waals surface area contributed by atoms with Crippen molar-refractivity contribution >= 4 is 15.7 Å². The molecule has 19 heavy (non-hydrogen) atoms. The molecule has 6 nitrogen and oxygen atoms in total. The largest absolute Gasteiger partial charge is 0.372 e. The van der Waals surface area contributed by atoms with Crippen molar-refractivity contribution in [1.29, 1.82) is 0 Å². The lowest BCUT2D eigenvalue weighted by Gasteiger charge is -2.08. The molecule has 0 radical (unpaired) electrons. The van der Waals surface area contributed by atoms with Crippen molar-refractivity contribution < 1.29 is 13.2 Å². The summed E-state index contributed by atoms with van der Waals surface area (Å²) in [6, 6.07) is 4.98. The van der Waals surface area contributed by atoms with Gasteiger partial charge in [-0.15, -0.1) is 0 Å². The van der Waals surface area contributed by atoms with Crippen molar-refractivity contribution in [1.82, 2.24) is 9.97 Å². The SMILES string of the molecule is O=S(=O)(Nc1cncnc1)c1ccc2c(c1)COC2. The average Bonchev–Trinajstić information content (AvgIpc) is 2.86. The van der Waals surface area contributed by atoms with E-state index in [1.54, 1.807) is 18.2 Å². The second kappa shape index (κ2) is 4.60. The molecule has 0 spiro atoms. The predicted octanol–water partition coefficient (Wildman–Crippen LogP) is 1.31. The summed E-state index contributed by atoms with van der Waals surface area (Å²) in [7, 11) is -3.62. The van der Waals surface area contributed by atoms with Gasteiger partial charge in [0.25, 0.3) is 10.0 Å². The molecule has 0 fully saturated rings. The highest BCUT2D eigenvalue weighted by molar-refractivity contribution is 7.92. The van der Waals surface area contributed by atoms with E-state index >= 15 is 0 Å². The minimum atomic E-state index is -3.62. The maximum absolute atomic E-state index is 12.2. The molecule has 0 atom stereocenters. The van der Waals surface area contributed by atoms with Crippen molar-refractivity contribution in [3.8, 4) is 0 Å². The summed E-state index contributed by atoms with van der Waals surface area (Å²) in [5.41, 5.74) is 2.27. The monoisotopic (exact) mass is 277 g/mol. The molecule has 98 valence electrons. The highest BCUT2D eigenvalue weighted by atomic mass is 32.2. The van der Waals surface area contributed by atoms with E-state index in [9.17, 15) is 8.42 Å². The standard InChI is InChI=1S/C12H11N3O3S/c16-19(17,15-11-4-13-8-14-5-11)12-2-1-9-6-18-7-10(9)3-12/h1-5,8,15H,6-7H2. The van der Waals surface area contributed by atoms with E-state index in [4.69, 9.17) is 4.74 Å². The van der Waals surface area contributed by atoms with E-state index in [1.165, 1.54) is 18.7 Å². The Morgan fingerprint density at radius 3 is 2.63 bits per heavy atom. The molecule has 0 unspecified atom stereocenters. The first-order chi connectivity index (χ1) is 9.15. The van der Waals surface area contributed by atoms with Gasteiger partial charge in [0, 0.05) is 0 Å². The van der Waals surface area contributed by atoms with Crippen LogP contribution in [-0.2, 0) is 28.0 Å². The zero-order valence-electron chi connectivity index (χ0n) is 9.91. The van der Waals surface area contributed by atoms with Gasteiger partial charge < -0.3 is 4.74 Å². The Labute approximate surface area is 110 Å². The third-order valence-corrected chi connectivity index (χ3v) is 4.19. The first-order valence-electron chi connectivity index (χ1n) is 5.62. The van der Waals surface area contributed by atoms with Gasteiger partial charge in [0.15, 0.2) is 0 Å². The van der Waals surface area contributed by atoms with E-state index in [0.29, 0.717) is 18.9 Å². The second-order valence-electron chi connectivity index (χ2n) is 4.16. The van der Waals surface area contributed by atoms with E-state index < -0.39 is 10.0 Å². The summed E-state index contributed by atoms with van der Waals surface area (Å²) >= 11 is 0. The smallest absolute Gasteiger partial charge is 0.262 e. The molecular formula is C12H11N3O3S. The summed E-state index contributed by atoms with van der Waals surface area (Å²) in [5.74, 6) is 0. The Balaban J connectivity index is 1.92. The zero-order chi connectivity index (χ0) is 13.3. The van der Waals surface area contributed by atoms with Crippen molar-refractivity contribution in [2.75, 3.05) is 4.72 Å². The topological polar surface area (TPSA) is 81.2 Å². The summed E-state index contributed by atoms with van der Waals surface area (Å²) in [5, 5.41) is 0. The van der Waals surface area contributed by atoms with Crippen LogP contribution in [0.2, 0.25) is 0 Å². The Morgan fingerprint density at radius 1 is 1.11 bits per heavy atom. The van der Waals surface area contributed by atoms with Crippen LogP contribution >= 0.6 is 0 Å². The number of nitrogens with one attached hydrogen (secondary N) is 1. The quantitative estimate of drug-likeness (QED) is 0.914. The molecule has 0 saturated carbocycles. The van der Waals surface area contributed by atoms with Crippen LogP contribution in [-0.4, -0.2) is 18.4 Å². The lowest BCUT2D eigenvalue weighted by atomic mass is 10.1. The summed E-state index contributed by atoms with van der Waals surface area (Å²) in [4.78, 5) is 7.73. The fourth-order valence-corrected chi connectivity index (χ4v) is 2.96. The molecule has 1 aromatic carbocycles. The van der Waals surface area contributed by atoms with Crippen molar-refractivity contribution in [3.05, 3.63) is 48.0 Å². The van der Waals surface area contributed by atoms with Crippen LogP contribution in [0.4, 0.5) is 5.69 Å². The van der Waals surface area contributed by atoms with E-state index in [2.05, 4.69) is 14.7 Å². The van der Waals surface area contributed by atoms with Gasteiger partial charge in [0.1, 0.15) is 6.33 Å². The van der Waals surface area contributed by atoms with E-state index in [1.807, 2.05) is 0 Å². The van der Waals surface area contributed by atoms with Crippen LogP contribution in [0.25, 0.3) is 0 Å². The zero-order valence-corrected chi connectivity index (χ0v) is 10.7. The molecule has 1 aliphatic rings. The minimum Gasteiger partial charge on any atom is -0.372 e. The third kappa shape index (κ3) is 2.42. The van der Waals surface area contributed by atoms with Gasteiger partial charge >= 0.3 is 0 Å². The number of nitrogens with zero attached hydrogens (tertiary/aromatic N) is 2. The van der Waals surface area contributed by atoms with Crippen molar-refractivity contribution in [2.24, 2.45) is 0 Å². The van der Waals surface area contributed by atoms with Crippen molar-refractivity contribution in [3.63, 3.8) is 0 Å².